The molecule has 3 aromatic rings. The van der Waals surface area contributed by atoms with E-state index in [1.54, 1.807) is 6.07 Å². The first-order valence-corrected chi connectivity index (χ1v) is 6.72. The summed E-state index contributed by atoms with van der Waals surface area (Å²) in [6, 6.07) is 5.93. The number of anilines is 1. The third-order valence-electron chi connectivity index (χ3n) is 3.28. The van der Waals surface area contributed by atoms with Crippen LogP contribution in [-0.2, 0) is 6.18 Å². The number of alkyl halides is 3. The van der Waals surface area contributed by atoms with E-state index >= 15 is 0 Å². The predicted octanol–water partition coefficient (Wildman–Crippen LogP) is 3.50. The fourth-order valence-corrected chi connectivity index (χ4v) is 3.50. The van der Waals surface area contributed by atoms with Crippen LogP contribution in [0.1, 0.15) is 11.1 Å². The number of halogens is 3. The van der Waals surface area contributed by atoms with E-state index in [1.165, 1.54) is 17.8 Å². The Balaban J connectivity index is 2.59. The topological polar surface area (TPSA) is 66.8 Å². The van der Waals surface area contributed by atoms with Crippen molar-refractivity contribution in [3.05, 3.63) is 29.3 Å². The van der Waals surface area contributed by atoms with Crippen LogP contribution < -0.4 is 11.2 Å². The van der Waals surface area contributed by atoms with Crippen molar-refractivity contribution in [1.82, 2.24) is 4.68 Å². The third-order valence-corrected chi connectivity index (χ3v) is 4.32. The highest BCUT2D eigenvalue weighted by molar-refractivity contribution is 7.24. The molecule has 21 heavy (non-hydrogen) atoms. The third kappa shape index (κ3) is 1.74. The zero-order valence-electron chi connectivity index (χ0n) is 10.7. The molecule has 0 bridgehead atoms. The van der Waals surface area contributed by atoms with Crippen molar-refractivity contribution in [1.29, 1.82) is 5.26 Å². The second kappa shape index (κ2) is 4.30. The highest BCUT2D eigenvalue weighted by Crippen LogP contribution is 2.43. The molecule has 3 rings (SSSR count). The van der Waals surface area contributed by atoms with Crippen LogP contribution in [0.4, 0.5) is 18.2 Å². The maximum absolute atomic E-state index is 13.2. The van der Waals surface area contributed by atoms with Crippen LogP contribution in [0.25, 0.3) is 21.1 Å². The summed E-state index contributed by atoms with van der Waals surface area (Å²) in [6.07, 6.45) is -4.48. The minimum absolute atomic E-state index is 0.00486. The van der Waals surface area contributed by atoms with Gasteiger partial charge in [0.2, 0.25) is 0 Å². The molecule has 0 spiro atoms. The number of thiophene rings is 1. The van der Waals surface area contributed by atoms with Gasteiger partial charge >= 0.3 is 6.18 Å². The van der Waals surface area contributed by atoms with Crippen molar-refractivity contribution in [2.45, 2.75) is 6.18 Å². The number of nitriles is 1. The van der Waals surface area contributed by atoms with Gasteiger partial charge in [0, 0.05) is 12.4 Å². The second-order valence-corrected chi connectivity index (χ2v) is 5.44. The number of nitrogens with zero attached hydrogens (tertiary/aromatic N) is 2. The molecule has 0 aliphatic carbocycles. The van der Waals surface area contributed by atoms with Crippen LogP contribution in [0.2, 0.25) is 0 Å². The minimum Gasteiger partial charge on any atom is -0.389 e. The lowest BCUT2D eigenvalue weighted by atomic mass is 10.1. The van der Waals surface area contributed by atoms with Gasteiger partial charge in [-0.25, -0.2) is 0 Å². The van der Waals surface area contributed by atoms with Crippen LogP contribution in [0.15, 0.2) is 18.2 Å². The fourth-order valence-electron chi connectivity index (χ4n) is 2.48. The number of aromatic nitrogens is 1. The number of nitrogens with one attached hydrogen (secondary N) is 1. The number of hydrogen-bond donors (Lipinski definition) is 2. The summed E-state index contributed by atoms with van der Waals surface area (Å²) < 4.78 is 41.5. The molecule has 2 aromatic heterocycles. The molecule has 4 nitrogen and oxygen atoms in total. The quantitative estimate of drug-likeness (QED) is 0.723. The van der Waals surface area contributed by atoms with Gasteiger partial charge < -0.3 is 11.2 Å². The van der Waals surface area contributed by atoms with Gasteiger partial charge in [0.05, 0.1) is 15.8 Å². The zero-order chi connectivity index (χ0) is 15.4. The van der Waals surface area contributed by atoms with Gasteiger partial charge in [0.15, 0.2) is 0 Å². The highest BCUT2D eigenvalue weighted by Gasteiger charge is 2.35. The average molecular weight is 310 g/mol. The number of hydrogen-bond acceptors (Lipinski definition) is 4. The molecule has 108 valence electrons. The van der Waals surface area contributed by atoms with Crippen molar-refractivity contribution >= 4 is 37.5 Å². The van der Waals surface area contributed by atoms with Gasteiger partial charge in [-0.1, -0.05) is 12.1 Å². The van der Waals surface area contributed by atoms with Crippen molar-refractivity contribution in [2.75, 3.05) is 18.2 Å². The summed E-state index contributed by atoms with van der Waals surface area (Å²) in [5.41, 5.74) is 8.32. The Morgan fingerprint density at radius 2 is 2.05 bits per heavy atom. The molecule has 2 heterocycles. The van der Waals surface area contributed by atoms with E-state index in [0.29, 0.717) is 20.6 Å². The van der Waals surface area contributed by atoms with E-state index in [9.17, 15) is 18.4 Å². The first-order chi connectivity index (χ1) is 9.90. The van der Waals surface area contributed by atoms with E-state index in [-0.39, 0.29) is 11.1 Å². The monoisotopic (exact) mass is 310 g/mol. The molecule has 0 radical (unpaired) electrons. The second-order valence-electron chi connectivity index (χ2n) is 4.39. The average Bonchev–Trinajstić information content (AvgIpc) is 2.90. The Morgan fingerprint density at radius 3 is 2.62 bits per heavy atom. The number of para-hydroxylation sites is 1. The van der Waals surface area contributed by atoms with Crippen molar-refractivity contribution in [3.63, 3.8) is 0 Å². The summed E-state index contributed by atoms with van der Waals surface area (Å²) >= 11 is 1.12. The first-order valence-electron chi connectivity index (χ1n) is 5.90. The number of benzene rings is 1. The molecule has 0 amide bonds. The molecular formula is C13H9F3N4S. The lowest BCUT2D eigenvalue weighted by Gasteiger charge is -2.12. The fraction of sp³-hybridized carbons (Fsp3) is 0.154. The highest BCUT2D eigenvalue weighted by atomic mass is 32.1. The number of nitrogens with two attached hydrogens (primary N) is 1. The van der Waals surface area contributed by atoms with E-state index in [4.69, 9.17) is 5.73 Å². The van der Waals surface area contributed by atoms with Crippen molar-refractivity contribution in [2.24, 2.45) is 0 Å². The van der Waals surface area contributed by atoms with E-state index < -0.39 is 11.7 Å². The molecule has 0 unspecified atom stereocenters. The van der Waals surface area contributed by atoms with Crippen LogP contribution >= 0.6 is 11.3 Å². The number of fused-ring (bicyclic) bond motifs is 3. The lowest BCUT2D eigenvalue weighted by molar-refractivity contribution is -0.136. The maximum atomic E-state index is 13.2. The molecule has 0 saturated carbocycles. The normalized spacial score (nSPS) is 12.0. The molecule has 0 aliphatic rings. The van der Waals surface area contributed by atoms with E-state index in [1.807, 2.05) is 6.07 Å². The SMILES string of the molecule is CNn1c2c(C(F)(F)F)cccc2c2sc(N)c(C#N)c21. The number of rotatable bonds is 1. The summed E-state index contributed by atoms with van der Waals surface area (Å²) in [5, 5.41) is 9.91. The van der Waals surface area contributed by atoms with Gasteiger partial charge in [-0.15, -0.1) is 11.3 Å². The molecule has 0 fully saturated rings. The van der Waals surface area contributed by atoms with Crippen LogP contribution in [0.3, 0.4) is 0 Å². The van der Waals surface area contributed by atoms with Gasteiger partial charge in [0.1, 0.15) is 22.2 Å². The molecule has 0 saturated heterocycles. The molecule has 8 heteroatoms. The van der Waals surface area contributed by atoms with Crippen molar-refractivity contribution in [3.8, 4) is 6.07 Å². The Labute approximate surface area is 121 Å². The van der Waals surface area contributed by atoms with E-state index in [2.05, 4.69) is 5.43 Å². The largest absolute Gasteiger partial charge is 0.418 e. The molecule has 3 N–H and O–H groups in total. The van der Waals surface area contributed by atoms with Gasteiger partial charge in [-0.05, 0) is 6.07 Å². The number of nitrogen functional groups attached to an aromatic ring is 1. The Hall–Kier alpha value is -2.40. The molecule has 1 aromatic carbocycles. The maximum Gasteiger partial charge on any atom is 0.418 e. The Kier molecular flexibility index (Phi) is 2.78. The molecular weight excluding hydrogens is 301 g/mol. The van der Waals surface area contributed by atoms with Gasteiger partial charge in [-0.2, -0.15) is 18.4 Å². The van der Waals surface area contributed by atoms with Crippen molar-refractivity contribution < 1.29 is 13.2 Å². The van der Waals surface area contributed by atoms with Crippen LogP contribution in [-0.4, -0.2) is 11.7 Å². The predicted molar refractivity (Wildman–Crippen MR) is 76.7 cm³/mol. The zero-order valence-corrected chi connectivity index (χ0v) is 11.6. The smallest absolute Gasteiger partial charge is 0.389 e. The Bertz CT molecular complexity index is 898. The standard InChI is InChI=1S/C13H9F3N4S/c1-19-20-9-6(3-2-4-8(9)13(14,15)16)11-10(20)7(5-17)12(18)21-11/h2-4,19H,18H2,1H3. The first kappa shape index (κ1) is 13.6. The van der Waals surface area contributed by atoms with Crippen LogP contribution in [0, 0.1) is 11.3 Å². The summed E-state index contributed by atoms with van der Waals surface area (Å²) in [5.74, 6) is 0. The lowest BCUT2D eigenvalue weighted by Crippen LogP contribution is -2.13. The van der Waals surface area contributed by atoms with Gasteiger partial charge in [-0.3, -0.25) is 4.68 Å². The van der Waals surface area contributed by atoms with Gasteiger partial charge in [0.25, 0.3) is 0 Å². The summed E-state index contributed by atoms with van der Waals surface area (Å²) in [7, 11) is 1.50. The minimum atomic E-state index is -4.48. The van der Waals surface area contributed by atoms with E-state index in [0.717, 1.165) is 17.4 Å². The Morgan fingerprint density at radius 1 is 1.33 bits per heavy atom. The molecule has 0 atom stereocenters. The summed E-state index contributed by atoms with van der Waals surface area (Å²) in [4.78, 5) is 0. The van der Waals surface area contributed by atoms with Crippen LogP contribution in [0.5, 0.6) is 0 Å². The summed E-state index contributed by atoms with van der Waals surface area (Å²) in [6.45, 7) is 0. The molecule has 0 aliphatic heterocycles.